The lowest BCUT2D eigenvalue weighted by molar-refractivity contribution is -0.159. The summed E-state index contributed by atoms with van der Waals surface area (Å²) >= 11 is 0. The second-order valence-electron chi connectivity index (χ2n) is 9.73. The van der Waals surface area contributed by atoms with Crippen molar-refractivity contribution in [2.45, 2.75) is 52.1 Å². The van der Waals surface area contributed by atoms with E-state index in [9.17, 15) is 9.59 Å². The van der Waals surface area contributed by atoms with E-state index >= 15 is 0 Å². The lowest BCUT2D eigenvalue weighted by Gasteiger charge is -2.36. The molecule has 1 amide bonds. The topological polar surface area (TPSA) is 55.8 Å². The Labute approximate surface area is 180 Å². The largest absolute Gasteiger partial charge is 0.462 e. The van der Waals surface area contributed by atoms with E-state index in [2.05, 4.69) is 20.8 Å². The number of carbonyl (C=O) groups is 2. The van der Waals surface area contributed by atoms with E-state index in [1.54, 1.807) is 0 Å². The predicted molar refractivity (Wildman–Crippen MR) is 115 cm³/mol. The molecule has 0 N–H and O–H groups in total. The van der Waals surface area contributed by atoms with Crippen LogP contribution in [0.25, 0.3) is 0 Å². The molecule has 0 aromatic heterocycles. The van der Waals surface area contributed by atoms with Crippen LogP contribution in [0.2, 0.25) is 0 Å². The smallest absolute Gasteiger partial charge is 0.310 e. The van der Waals surface area contributed by atoms with Crippen LogP contribution in [0.1, 0.15) is 51.5 Å². The van der Waals surface area contributed by atoms with Crippen molar-refractivity contribution in [1.29, 1.82) is 0 Å². The number of hydrogen-bond donors (Lipinski definition) is 0. The monoisotopic (exact) mass is 413 g/mol. The molecule has 1 aliphatic heterocycles. The minimum Gasteiger partial charge on any atom is -0.462 e. The van der Waals surface area contributed by atoms with Crippen LogP contribution in [-0.4, -0.2) is 49.2 Å². The van der Waals surface area contributed by atoms with Gasteiger partial charge in [0, 0.05) is 19.0 Å². The van der Waals surface area contributed by atoms with Gasteiger partial charge in [-0.1, -0.05) is 57.5 Å². The molecule has 1 aromatic carbocycles. The van der Waals surface area contributed by atoms with Crippen molar-refractivity contribution < 1.29 is 19.1 Å². The molecule has 6 atom stereocenters. The summed E-state index contributed by atoms with van der Waals surface area (Å²) in [6, 6.07) is 9.97. The number of amides is 1. The first kappa shape index (κ1) is 21.4. The molecule has 5 nitrogen and oxygen atoms in total. The molecule has 0 radical (unpaired) electrons. The summed E-state index contributed by atoms with van der Waals surface area (Å²) in [5.74, 6) is 0.619. The Balaban J connectivity index is 1.50. The number of morpholine rings is 1. The number of nitrogens with zero attached hydrogens (tertiary/aromatic N) is 1. The molecule has 2 saturated carbocycles. The maximum Gasteiger partial charge on any atom is 0.310 e. The summed E-state index contributed by atoms with van der Waals surface area (Å²) in [6.07, 6.45) is 3.21. The highest BCUT2D eigenvalue weighted by atomic mass is 16.5. The third-order valence-corrected chi connectivity index (χ3v) is 7.31. The van der Waals surface area contributed by atoms with Crippen LogP contribution in [0.5, 0.6) is 0 Å². The molecule has 0 spiro atoms. The number of benzene rings is 1. The first-order valence-corrected chi connectivity index (χ1v) is 11.6. The van der Waals surface area contributed by atoms with E-state index in [0.717, 1.165) is 18.4 Å². The summed E-state index contributed by atoms with van der Waals surface area (Å²) in [4.78, 5) is 28.4. The van der Waals surface area contributed by atoms with E-state index in [4.69, 9.17) is 9.47 Å². The first-order valence-electron chi connectivity index (χ1n) is 11.6. The summed E-state index contributed by atoms with van der Waals surface area (Å²) in [5.41, 5.74) is 1.06. The fourth-order valence-electron chi connectivity index (χ4n) is 5.47. The maximum absolute atomic E-state index is 13.3. The van der Waals surface area contributed by atoms with Gasteiger partial charge in [0.15, 0.2) is 0 Å². The standard InChI is InChI=1S/C25H35NO4/c1-16(2)19-10-9-17(3)15-20(19)30-25(28)23-21(18-7-5-4-6-8-18)22(23)24(27)26-11-13-29-14-12-26/h4-8,16-17,19-23H,9-15H2,1-3H3/t17-,19?,20?,21+,22-,23-/m1/s1. The van der Waals surface area contributed by atoms with Crippen LogP contribution in [0.4, 0.5) is 0 Å². The molecule has 2 aliphatic carbocycles. The fraction of sp³-hybridized carbons (Fsp3) is 0.680. The zero-order valence-corrected chi connectivity index (χ0v) is 18.5. The minimum absolute atomic E-state index is 0.0302. The Morgan fingerprint density at radius 2 is 1.77 bits per heavy atom. The van der Waals surface area contributed by atoms with Gasteiger partial charge >= 0.3 is 5.97 Å². The average Bonchev–Trinajstić information content (AvgIpc) is 3.50. The quantitative estimate of drug-likeness (QED) is 0.688. The molecular weight excluding hydrogens is 378 g/mol. The number of carbonyl (C=O) groups excluding carboxylic acids is 2. The Bertz CT molecular complexity index is 743. The van der Waals surface area contributed by atoms with Crippen molar-refractivity contribution in [1.82, 2.24) is 4.90 Å². The number of hydrogen-bond acceptors (Lipinski definition) is 4. The van der Waals surface area contributed by atoms with Crippen LogP contribution in [0, 0.1) is 29.6 Å². The second kappa shape index (κ2) is 9.09. The number of rotatable bonds is 5. The van der Waals surface area contributed by atoms with E-state index in [0.29, 0.717) is 44.1 Å². The zero-order chi connectivity index (χ0) is 21.3. The van der Waals surface area contributed by atoms with E-state index < -0.39 is 0 Å². The number of ether oxygens (including phenoxy) is 2. The molecule has 30 heavy (non-hydrogen) atoms. The Morgan fingerprint density at radius 3 is 2.43 bits per heavy atom. The van der Waals surface area contributed by atoms with E-state index in [-0.39, 0.29) is 35.7 Å². The predicted octanol–water partition coefficient (Wildman–Crippen LogP) is 3.88. The van der Waals surface area contributed by atoms with Crippen LogP contribution >= 0.6 is 0 Å². The highest BCUT2D eigenvalue weighted by Gasteiger charge is 2.61. The third kappa shape index (κ3) is 4.41. The third-order valence-electron chi connectivity index (χ3n) is 7.31. The van der Waals surface area contributed by atoms with Gasteiger partial charge in [0.1, 0.15) is 6.10 Å². The average molecular weight is 414 g/mol. The van der Waals surface area contributed by atoms with Crippen molar-refractivity contribution in [2.75, 3.05) is 26.3 Å². The van der Waals surface area contributed by atoms with E-state index in [1.807, 2.05) is 35.2 Å². The van der Waals surface area contributed by atoms with Gasteiger partial charge in [-0.3, -0.25) is 9.59 Å². The zero-order valence-electron chi connectivity index (χ0n) is 18.5. The van der Waals surface area contributed by atoms with E-state index in [1.165, 1.54) is 6.42 Å². The fourth-order valence-corrected chi connectivity index (χ4v) is 5.47. The molecule has 4 rings (SSSR count). The molecule has 1 heterocycles. The van der Waals surface area contributed by atoms with Crippen LogP contribution in [-0.2, 0) is 19.1 Å². The molecule has 1 aromatic rings. The summed E-state index contributed by atoms with van der Waals surface area (Å²) in [7, 11) is 0. The highest BCUT2D eigenvalue weighted by molar-refractivity contribution is 5.93. The minimum atomic E-state index is -0.368. The van der Waals surface area contributed by atoms with Crippen LogP contribution < -0.4 is 0 Å². The van der Waals surface area contributed by atoms with Crippen LogP contribution in [0.3, 0.4) is 0 Å². The molecule has 2 unspecified atom stereocenters. The SMILES string of the molecule is CC(C)C1CC[C@@H](C)CC1OC(=O)[C@H]1[C@H](C(=O)N2CCOCC2)[C@@H]1c1ccccc1. The van der Waals surface area contributed by atoms with Crippen molar-refractivity contribution in [3.63, 3.8) is 0 Å². The van der Waals surface area contributed by atoms with Crippen molar-refractivity contribution in [2.24, 2.45) is 29.6 Å². The Kier molecular flexibility index (Phi) is 6.47. The maximum atomic E-state index is 13.3. The summed E-state index contributed by atoms with van der Waals surface area (Å²) in [5, 5.41) is 0. The van der Waals surface area contributed by atoms with Gasteiger partial charge in [-0.05, 0) is 36.2 Å². The van der Waals surface area contributed by atoms with Gasteiger partial charge < -0.3 is 14.4 Å². The lowest BCUT2D eigenvalue weighted by Crippen LogP contribution is -2.42. The molecule has 3 aliphatic rings. The highest BCUT2D eigenvalue weighted by Crippen LogP contribution is 2.56. The molecule has 164 valence electrons. The second-order valence-corrected chi connectivity index (χ2v) is 9.73. The van der Waals surface area contributed by atoms with Crippen molar-refractivity contribution in [3.8, 4) is 0 Å². The molecule has 5 heteroatoms. The molecule has 1 saturated heterocycles. The van der Waals surface area contributed by atoms with Crippen LogP contribution in [0.15, 0.2) is 30.3 Å². The Hall–Kier alpha value is -1.88. The van der Waals surface area contributed by atoms with Gasteiger partial charge in [0.05, 0.1) is 25.0 Å². The van der Waals surface area contributed by atoms with Gasteiger partial charge in [-0.2, -0.15) is 0 Å². The molecular formula is C25H35NO4. The Morgan fingerprint density at radius 1 is 1.07 bits per heavy atom. The first-order chi connectivity index (χ1) is 14.5. The summed E-state index contributed by atoms with van der Waals surface area (Å²) < 4.78 is 11.5. The summed E-state index contributed by atoms with van der Waals surface area (Å²) in [6.45, 7) is 9.03. The molecule has 0 bridgehead atoms. The van der Waals surface area contributed by atoms with Crippen molar-refractivity contribution in [3.05, 3.63) is 35.9 Å². The van der Waals surface area contributed by atoms with Gasteiger partial charge in [-0.25, -0.2) is 0 Å². The van der Waals surface area contributed by atoms with Gasteiger partial charge in [0.2, 0.25) is 5.91 Å². The van der Waals surface area contributed by atoms with Gasteiger partial charge in [0.25, 0.3) is 0 Å². The molecule has 3 fully saturated rings. The van der Waals surface area contributed by atoms with Gasteiger partial charge in [-0.15, -0.1) is 0 Å². The lowest BCUT2D eigenvalue weighted by atomic mass is 9.75. The van der Waals surface area contributed by atoms with Crippen molar-refractivity contribution >= 4 is 11.9 Å². The number of esters is 1. The normalized spacial score (nSPS) is 33.9.